The third-order valence-corrected chi connectivity index (χ3v) is 13.8. The lowest BCUT2D eigenvalue weighted by Crippen LogP contribution is -2.62. The molecular weight excluding hydrogens is 875 g/mol. The number of methoxy groups -OCH3 is 1. The molecule has 3 N–H and O–H groups in total. The number of ether oxygens (including phenoxy) is 2. The molecule has 4 aromatic rings. The van der Waals surface area contributed by atoms with Crippen LogP contribution in [0.25, 0.3) is 33.3 Å². The normalized spacial score (nSPS) is 20.2. The van der Waals surface area contributed by atoms with Crippen LogP contribution in [0.2, 0.25) is 0 Å². The summed E-state index contributed by atoms with van der Waals surface area (Å²) in [6.07, 6.45) is 3.21. The first kappa shape index (κ1) is 50.8. The van der Waals surface area contributed by atoms with Crippen LogP contribution in [0.4, 0.5) is 0 Å². The number of aromatic nitrogens is 1. The van der Waals surface area contributed by atoms with Crippen molar-refractivity contribution in [3.8, 4) is 28.1 Å². The highest BCUT2D eigenvalue weighted by atomic mass is 16.5. The first-order valence-corrected chi connectivity index (χ1v) is 24.3. The van der Waals surface area contributed by atoms with Crippen molar-refractivity contribution in [2.75, 3.05) is 54.5 Å². The first-order chi connectivity index (χ1) is 32.8. The van der Waals surface area contributed by atoms with Crippen LogP contribution in [-0.2, 0) is 66.0 Å². The summed E-state index contributed by atoms with van der Waals surface area (Å²) in [5, 5.41) is 16.8. The number of esters is 1. The highest BCUT2D eigenvalue weighted by molar-refractivity contribution is 5.96. The highest BCUT2D eigenvalue weighted by Gasteiger charge is 2.40. The number of benzene rings is 3. The molecule has 1 aromatic heterocycles. The molecule has 6 bridgehead atoms. The number of cyclic esters (lactones) is 1. The number of phenols is 1. The van der Waals surface area contributed by atoms with Crippen LogP contribution in [0.5, 0.6) is 5.75 Å². The average molecular weight is 946 g/mol. The van der Waals surface area contributed by atoms with Gasteiger partial charge in [-0.3, -0.25) is 29.0 Å². The summed E-state index contributed by atoms with van der Waals surface area (Å²) >= 11 is 0. The largest absolute Gasteiger partial charge is 0.508 e. The van der Waals surface area contributed by atoms with Crippen LogP contribution in [-0.4, -0.2) is 132 Å². The van der Waals surface area contributed by atoms with Crippen LogP contribution >= 0.6 is 0 Å². The molecule has 0 unspecified atom stereocenters. The number of hydrazine groups is 1. The second-order valence-corrected chi connectivity index (χ2v) is 20.5. The SMILES string of the molecule is C=CC(=O)N1CC[C@H](C(=O)N(C)[C@H](C(=O)N[C@H]2Cc3cc(O)cc(c3)-c3ccc4c(c3)c(c(-c3ccc(CN(C)C)c(COC)c3)n4CC)CC(C)(C)COC(=O)[C@@H]3CCCN(N3)C2=O)C(C)C)C1. The molecule has 3 aromatic carbocycles. The fourth-order valence-corrected chi connectivity index (χ4v) is 10.5. The predicted octanol–water partition coefficient (Wildman–Crippen LogP) is 6.07. The maximum atomic E-state index is 14.8. The second-order valence-electron chi connectivity index (χ2n) is 20.5. The Kier molecular flexibility index (Phi) is 15.7. The van der Waals surface area contributed by atoms with E-state index in [4.69, 9.17) is 9.47 Å². The summed E-state index contributed by atoms with van der Waals surface area (Å²) < 4.78 is 14.2. The number of aromatic hydroxyl groups is 1. The fraction of sp³-hybridized carbons (Fsp3) is 0.500. The molecule has 2 saturated heterocycles. The Hall–Kier alpha value is -6.03. The van der Waals surface area contributed by atoms with Gasteiger partial charge in [-0.15, -0.1) is 0 Å². The van der Waals surface area contributed by atoms with Crippen molar-refractivity contribution in [1.29, 1.82) is 0 Å². The van der Waals surface area contributed by atoms with Crippen LogP contribution in [0, 0.1) is 17.3 Å². The van der Waals surface area contributed by atoms with Gasteiger partial charge in [0.05, 0.1) is 24.8 Å². The van der Waals surface area contributed by atoms with Gasteiger partial charge in [-0.25, -0.2) is 5.43 Å². The monoisotopic (exact) mass is 946 g/mol. The number of carbonyl (C=O) groups excluding carboxylic acids is 5. The Labute approximate surface area is 406 Å². The van der Waals surface area contributed by atoms with Crippen LogP contribution in [0.1, 0.15) is 76.1 Å². The number of hydrogen-bond donors (Lipinski definition) is 3. The molecule has 69 heavy (non-hydrogen) atoms. The smallest absolute Gasteiger partial charge is 0.324 e. The van der Waals surface area contributed by atoms with E-state index in [1.807, 2.05) is 26.0 Å². The second kappa shape index (κ2) is 21.3. The number of likely N-dealkylation sites (N-methyl/N-ethyl adjacent to an activating group) is 1. The standard InChI is InChI=1S/C54H71N7O8/c1-11-47(63)59-21-19-38(30-59)51(65)58(9)48(33(3)4)50(64)55-45-24-34-22-39(26-41(62)23-34)35-17-18-46-42(27-35)43(28-54(5,6)32-69-53(67)44-14-13-20-61(56-44)52(45)66)49(60(46)12-2)36-15-16-37(29-57(7)8)40(25-36)31-68-10/h11,15-18,22-23,25-27,33,38,44-45,48,56,62H,1,12-14,19-21,24,28-32H2,2-10H3,(H,55,64)/t38-,44-,45-,48-/m0/s1. The van der Waals surface area contributed by atoms with E-state index in [1.165, 1.54) is 21.5 Å². The van der Waals surface area contributed by atoms with Crippen molar-refractivity contribution >= 4 is 40.5 Å². The van der Waals surface area contributed by atoms with Crippen molar-refractivity contribution in [3.63, 3.8) is 0 Å². The third-order valence-electron chi connectivity index (χ3n) is 13.8. The zero-order chi connectivity index (χ0) is 49.9. The molecule has 7 rings (SSSR count). The average Bonchev–Trinajstić information content (AvgIpc) is 3.93. The maximum Gasteiger partial charge on any atom is 0.324 e. The summed E-state index contributed by atoms with van der Waals surface area (Å²) in [4.78, 5) is 74.7. The van der Waals surface area contributed by atoms with E-state index in [0.29, 0.717) is 50.9 Å². The third kappa shape index (κ3) is 11.2. The number of carbonyl (C=O) groups is 5. The van der Waals surface area contributed by atoms with E-state index in [1.54, 1.807) is 31.2 Å². The summed E-state index contributed by atoms with van der Waals surface area (Å²) in [5.74, 6) is -2.83. The Bertz CT molecular complexity index is 2600. The summed E-state index contributed by atoms with van der Waals surface area (Å²) in [5.41, 5.74) is 11.3. The summed E-state index contributed by atoms with van der Waals surface area (Å²) in [6.45, 7) is 16.5. The lowest BCUT2D eigenvalue weighted by molar-refractivity contribution is -0.155. The lowest BCUT2D eigenvalue weighted by atomic mass is 9.84. The molecule has 370 valence electrons. The minimum atomic E-state index is -1.16. The number of rotatable bonds is 12. The van der Waals surface area contributed by atoms with Gasteiger partial charge < -0.3 is 39.2 Å². The minimum absolute atomic E-state index is 0.00368. The molecule has 15 nitrogen and oxygen atoms in total. The number of hydrogen-bond acceptors (Lipinski definition) is 10. The Morgan fingerprint density at radius 1 is 1.00 bits per heavy atom. The van der Waals surface area contributed by atoms with Gasteiger partial charge in [-0.2, -0.15) is 0 Å². The van der Waals surface area contributed by atoms with Gasteiger partial charge in [0, 0.05) is 69.6 Å². The molecule has 2 fully saturated rings. The predicted molar refractivity (Wildman–Crippen MR) is 266 cm³/mol. The molecule has 3 aliphatic heterocycles. The molecule has 0 spiro atoms. The van der Waals surface area contributed by atoms with Gasteiger partial charge in [0.1, 0.15) is 23.9 Å². The summed E-state index contributed by atoms with van der Waals surface area (Å²) in [6, 6.07) is 15.2. The van der Waals surface area contributed by atoms with Crippen molar-refractivity contribution in [3.05, 3.63) is 89.5 Å². The number of fused-ring (bicyclic) bond motifs is 6. The number of nitrogens with one attached hydrogen (secondary N) is 2. The molecule has 0 saturated carbocycles. The van der Waals surface area contributed by atoms with Crippen molar-refractivity contribution in [2.24, 2.45) is 17.3 Å². The van der Waals surface area contributed by atoms with E-state index in [-0.39, 0.29) is 49.6 Å². The van der Waals surface area contributed by atoms with Crippen LogP contribution in [0.15, 0.2) is 67.3 Å². The minimum Gasteiger partial charge on any atom is -0.508 e. The molecule has 4 atom stereocenters. The fourth-order valence-electron chi connectivity index (χ4n) is 10.5. The number of phenolic OH excluding ortho intramolecular Hbond substituents is 1. The van der Waals surface area contributed by atoms with E-state index >= 15 is 0 Å². The number of aryl methyl sites for hydroxylation is 1. The number of nitrogens with zero attached hydrogens (tertiary/aromatic N) is 5. The van der Waals surface area contributed by atoms with E-state index < -0.39 is 47.2 Å². The quantitative estimate of drug-likeness (QED) is 0.112. The van der Waals surface area contributed by atoms with Gasteiger partial charge in [0.25, 0.3) is 5.91 Å². The molecule has 0 radical (unpaired) electrons. The van der Waals surface area contributed by atoms with Gasteiger partial charge >= 0.3 is 5.97 Å². The van der Waals surface area contributed by atoms with Gasteiger partial charge in [-0.1, -0.05) is 58.5 Å². The van der Waals surface area contributed by atoms with Gasteiger partial charge in [-0.05, 0) is 128 Å². The topological polar surface area (TPSA) is 166 Å². The van der Waals surface area contributed by atoms with Crippen molar-refractivity contribution in [1.82, 2.24) is 35.0 Å². The zero-order valence-electron chi connectivity index (χ0n) is 41.9. The Balaban J connectivity index is 1.31. The molecule has 3 aliphatic rings. The summed E-state index contributed by atoms with van der Waals surface area (Å²) in [7, 11) is 7.40. The van der Waals surface area contributed by atoms with E-state index in [9.17, 15) is 29.1 Å². The van der Waals surface area contributed by atoms with E-state index in [2.05, 4.69) is 92.0 Å². The van der Waals surface area contributed by atoms with Crippen LogP contribution in [0.3, 0.4) is 0 Å². The maximum absolute atomic E-state index is 14.8. The Morgan fingerprint density at radius 3 is 2.45 bits per heavy atom. The molecule has 4 heterocycles. The van der Waals surface area contributed by atoms with Crippen LogP contribution < -0.4 is 10.7 Å². The number of amides is 4. The number of likely N-dealkylation sites (tertiary alicyclic amines) is 1. The molecule has 0 aliphatic carbocycles. The van der Waals surface area contributed by atoms with Gasteiger partial charge in [0.15, 0.2) is 0 Å². The first-order valence-electron chi connectivity index (χ1n) is 24.3. The highest BCUT2D eigenvalue weighted by Crippen LogP contribution is 2.41. The van der Waals surface area contributed by atoms with E-state index in [0.717, 1.165) is 51.0 Å². The van der Waals surface area contributed by atoms with Crippen molar-refractivity contribution < 1.29 is 38.6 Å². The molecule has 4 amide bonds. The van der Waals surface area contributed by atoms with Gasteiger partial charge in [0.2, 0.25) is 17.7 Å². The zero-order valence-corrected chi connectivity index (χ0v) is 41.9. The van der Waals surface area contributed by atoms with Crippen molar-refractivity contribution in [2.45, 2.75) is 105 Å². The molecular formula is C54H71N7O8. The lowest BCUT2D eigenvalue weighted by Gasteiger charge is -2.37. The Morgan fingerprint density at radius 2 is 1.75 bits per heavy atom. The molecule has 15 heteroatoms.